The van der Waals surface area contributed by atoms with Crippen LogP contribution in [0.25, 0.3) is 21.8 Å². The number of H-pyrrole nitrogens is 1. The van der Waals surface area contributed by atoms with Crippen molar-refractivity contribution in [3.05, 3.63) is 71.2 Å². The first-order chi connectivity index (χ1) is 31.3. The number of phenolic OH excluding ortho intramolecular Hbond substituents is 1. The first-order valence-electron chi connectivity index (χ1n) is 20.6. The minimum Gasteiger partial charge on any atom is -0.508 e. The summed E-state index contributed by atoms with van der Waals surface area (Å²) >= 11 is 1.06. The number of rotatable bonds is 15. The van der Waals surface area contributed by atoms with E-state index in [0.717, 1.165) is 18.9 Å². The first kappa shape index (κ1) is 48.9. The van der Waals surface area contributed by atoms with Gasteiger partial charge >= 0.3 is 6.09 Å². The van der Waals surface area contributed by atoms with E-state index in [4.69, 9.17) is 28.4 Å². The molecule has 3 aromatic rings. The quantitative estimate of drug-likeness (QED) is 0.0522. The van der Waals surface area contributed by atoms with Gasteiger partial charge in [-0.05, 0) is 72.2 Å². The van der Waals surface area contributed by atoms with E-state index < -0.39 is 71.4 Å². The number of aliphatic hydroxyl groups is 2. The molecule has 0 saturated carbocycles. The number of fused-ring (bicyclic) bond motifs is 5. The molecule has 16 nitrogen and oxygen atoms in total. The molecule has 0 spiro atoms. The number of carbonyl (C=O) groups excluding carboxylic acids is 3. The summed E-state index contributed by atoms with van der Waals surface area (Å²) in [7, 11) is 7.23. The number of nitrogens with zero attached hydrogens (tertiary/aromatic N) is 1. The number of alkyl carbamates (subject to hydrolysis) is 1. The Kier molecular flexibility index (Phi) is 16.0. The molecule has 0 radical (unpaired) electrons. The summed E-state index contributed by atoms with van der Waals surface area (Å²) < 4.78 is 35.4. The molecule has 4 aliphatic rings. The highest BCUT2D eigenvalue weighted by atomic mass is 33.5. The van der Waals surface area contributed by atoms with E-state index >= 15 is 4.79 Å². The molecular formula is C45H50N4O12S4. The Hall–Kier alpha value is -4.00. The summed E-state index contributed by atoms with van der Waals surface area (Å²) in [6, 6.07) is 6.39. The number of aromatic hydroxyl groups is 1. The monoisotopic (exact) mass is 966 g/mol. The van der Waals surface area contributed by atoms with Gasteiger partial charge in [-0.2, -0.15) is 0 Å². The number of nitrogens with one attached hydrogen (secondary N) is 3. The second kappa shape index (κ2) is 21.3. The van der Waals surface area contributed by atoms with Gasteiger partial charge in [-0.1, -0.05) is 58.3 Å². The number of ketones is 2. The number of methoxy groups -OCH3 is 2. The van der Waals surface area contributed by atoms with Crippen LogP contribution in [-0.2, 0) is 33.2 Å². The van der Waals surface area contributed by atoms with Crippen LogP contribution in [-0.4, -0.2) is 148 Å². The number of carbonyl (C=O) groups is 3. The van der Waals surface area contributed by atoms with Crippen molar-refractivity contribution in [1.82, 2.24) is 20.6 Å². The Bertz CT molecular complexity index is 2530. The molecular weight excluding hydrogens is 917 g/mol. The molecule has 7 rings (SSSR count). The number of ether oxygens (including phenoxy) is 6. The van der Waals surface area contributed by atoms with Crippen molar-refractivity contribution in [3.8, 4) is 29.4 Å². The van der Waals surface area contributed by atoms with Crippen LogP contribution in [0.15, 0.2) is 65.5 Å². The van der Waals surface area contributed by atoms with Crippen molar-refractivity contribution in [2.75, 3.05) is 45.6 Å². The Morgan fingerprint density at radius 1 is 1.14 bits per heavy atom. The van der Waals surface area contributed by atoms with Gasteiger partial charge in [0.05, 0.1) is 49.6 Å². The van der Waals surface area contributed by atoms with Gasteiger partial charge in [-0.25, -0.2) is 4.79 Å². The second-order valence-corrected chi connectivity index (χ2v) is 20.8. The number of Topliss-reactive ketones (excluding diaryl/α,β-unsaturated/α-hetero) is 2. The number of aromatic amines is 1. The number of hydrogen-bond acceptors (Lipinski definition) is 18. The lowest BCUT2D eigenvalue weighted by molar-refractivity contribution is -0.322. The van der Waals surface area contributed by atoms with E-state index in [2.05, 4.69) is 44.3 Å². The highest BCUT2D eigenvalue weighted by Crippen LogP contribution is 2.47. The van der Waals surface area contributed by atoms with E-state index in [1.165, 1.54) is 55.8 Å². The van der Waals surface area contributed by atoms with Crippen LogP contribution < -0.4 is 10.6 Å². The molecule has 1 aromatic carbocycles. The van der Waals surface area contributed by atoms with Crippen LogP contribution >= 0.6 is 43.2 Å². The number of aliphatic hydroxyl groups excluding tert-OH is 1. The molecule has 6 N–H and O–H groups in total. The Labute approximate surface area is 391 Å². The Balaban J connectivity index is 1.35. The molecule has 65 heavy (non-hydrogen) atoms. The number of benzene rings is 1. The molecule has 4 heterocycles. The number of aromatic nitrogens is 2. The number of thioether (sulfide) groups is 1. The smallest absolute Gasteiger partial charge is 0.411 e. The largest absolute Gasteiger partial charge is 0.508 e. The zero-order chi connectivity index (χ0) is 46.5. The zero-order valence-electron chi connectivity index (χ0n) is 36.4. The van der Waals surface area contributed by atoms with Crippen LogP contribution in [0.4, 0.5) is 4.79 Å². The van der Waals surface area contributed by atoms with E-state index in [1.807, 2.05) is 13.2 Å². The molecule has 346 valence electrons. The summed E-state index contributed by atoms with van der Waals surface area (Å²) in [5.41, 5.74) is -1.06. The molecule has 2 aliphatic carbocycles. The lowest BCUT2D eigenvalue weighted by Crippen LogP contribution is -2.68. The number of pyridine rings is 1. The SMILES string of the molecule is CCN[C@H]1CO[C@@H](O[C@H]2[C@H](O[C@H]3C#C/C=C\C#C[C@]4(O)CC(=O)C(NC(=O)OC)=C3/C4=C\CSSSC)O[C@H](C)[C@@](SC)(C(=O)c3nccc4c3[nH]c3ccc(O)cc34)[C@@H]2O)C[C@@H]1OC. The minimum atomic E-state index is -2.04. The number of amides is 1. The van der Waals surface area contributed by atoms with Gasteiger partial charge in [0.1, 0.15) is 34.5 Å². The summed E-state index contributed by atoms with van der Waals surface area (Å²) in [4.78, 5) is 50.0. The van der Waals surface area contributed by atoms with E-state index in [0.29, 0.717) is 34.1 Å². The number of hydrogen-bond donors (Lipinski definition) is 6. The normalized spacial score (nSPS) is 31.2. The van der Waals surface area contributed by atoms with Crippen LogP contribution in [0.3, 0.4) is 0 Å². The topological polar surface area (TPSA) is 220 Å². The van der Waals surface area contributed by atoms with E-state index in [-0.39, 0.29) is 53.5 Å². The summed E-state index contributed by atoms with van der Waals surface area (Å²) in [6.07, 6.45) is -0.241. The van der Waals surface area contributed by atoms with Crippen molar-refractivity contribution in [1.29, 1.82) is 0 Å². The average molecular weight is 967 g/mol. The minimum absolute atomic E-state index is 0.00848. The van der Waals surface area contributed by atoms with Gasteiger partial charge in [0.15, 0.2) is 24.0 Å². The highest BCUT2D eigenvalue weighted by molar-refractivity contribution is 9.09. The lowest BCUT2D eigenvalue weighted by Gasteiger charge is -2.51. The fourth-order valence-electron chi connectivity index (χ4n) is 8.60. The number of phenols is 1. The maximum absolute atomic E-state index is 15.3. The molecule has 0 unspecified atom stereocenters. The first-order valence-corrected chi connectivity index (χ1v) is 25.9. The third kappa shape index (κ3) is 9.87. The third-order valence-electron chi connectivity index (χ3n) is 11.6. The predicted molar refractivity (Wildman–Crippen MR) is 252 cm³/mol. The molecule has 2 saturated heterocycles. The Morgan fingerprint density at radius 3 is 2.68 bits per heavy atom. The van der Waals surface area contributed by atoms with Crippen molar-refractivity contribution < 1.29 is 58.1 Å². The molecule has 20 heteroatoms. The fourth-order valence-corrected chi connectivity index (χ4v) is 12.1. The maximum Gasteiger partial charge on any atom is 0.411 e. The molecule has 1 amide bonds. The van der Waals surface area contributed by atoms with Crippen molar-refractivity contribution in [3.63, 3.8) is 0 Å². The van der Waals surface area contributed by atoms with Crippen molar-refractivity contribution >= 4 is 82.6 Å². The van der Waals surface area contributed by atoms with Gasteiger partial charge in [0.2, 0.25) is 5.78 Å². The van der Waals surface area contributed by atoms with Crippen LogP contribution in [0, 0.1) is 23.7 Å². The second-order valence-electron chi connectivity index (χ2n) is 15.3. The lowest BCUT2D eigenvalue weighted by atomic mass is 9.75. The fraction of sp³-hybridized carbons (Fsp3) is 0.467. The van der Waals surface area contributed by atoms with Gasteiger partial charge in [-0.3, -0.25) is 19.9 Å². The number of likely N-dealkylation sites (N-methyl/N-ethyl adjacent to an activating group) is 1. The van der Waals surface area contributed by atoms with Gasteiger partial charge in [-0.15, -0.1) is 11.8 Å². The van der Waals surface area contributed by atoms with Crippen LogP contribution in [0.5, 0.6) is 5.75 Å². The highest BCUT2D eigenvalue weighted by Gasteiger charge is 2.61. The third-order valence-corrected chi connectivity index (χ3v) is 16.8. The average Bonchev–Trinajstić information content (AvgIpc) is 3.67. The zero-order valence-corrected chi connectivity index (χ0v) is 39.6. The summed E-state index contributed by atoms with van der Waals surface area (Å²) in [5.74, 6) is 10.6. The molecule has 10 atom stereocenters. The molecule has 2 fully saturated rings. The van der Waals surface area contributed by atoms with Gasteiger partial charge < -0.3 is 54.0 Å². The summed E-state index contributed by atoms with van der Waals surface area (Å²) in [6.45, 7) is 4.45. The molecule has 2 bridgehead atoms. The van der Waals surface area contributed by atoms with Crippen molar-refractivity contribution in [2.24, 2.45) is 0 Å². The van der Waals surface area contributed by atoms with Crippen molar-refractivity contribution in [2.45, 2.75) is 86.2 Å². The van der Waals surface area contributed by atoms with Crippen LogP contribution in [0.2, 0.25) is 0 Å². The molecule has 2 aliphatic heterocycles. The van der Waals surface area contributed by atoms with E-state index in [1.54, 1.807) is 44.6 Å². The Morgan fingerprint density at radius 2 is 1.94 bits per heavy atom. The maximum atomic E-state index is 15.3. The van der Waals surface area contributed by atoms with Gasteiger partial charge in [0.25, 0.3) is 0 Å². The van der Waals surface area contributed by atoms with E-state index in [9.17, 15) is 24.9 Å². The van der Waals surface area contributed by atoms with Crippen LogP contribution in [0.1, 0.15) is 37.2 Å². The number of allylic oxidation sites excluding steroid dienone is 3. The summed E-state index contributed by atoms with van der Waals surface area (Å²) in [5, 5.41) is 42.6. The standard InChI is InChI=1S/C45H50N4O12S4/c1-7-46-30-23-58-34(21-33(30)56-3)61-39-41(53)45(62-5,40(52)38-36-26(15-18-47-38)27-20-25(50)13-14-29(27)48-36)24(2)59-42(39)60-32-12-10-8-9-11-17-44(55)22-31(51)37(49-43(54)57-4)35(32)28(44)16-19-64-65-63-6/h8-9,13-16,18,20,24,30,32-34,39,41-42,46,48,50,53,55H,7,19,21-23H2,1-6H3,(H,49,54)/b9-8-,28-16+/t24-,30+,32+,33+,34+,39-,41-,42+,44+,45-/m1/s1. The van der Waals surface area contributed by atoms with Gasteiger partial charge in [0, 0.05) is 52.9 Å². The molecule has 2 aromatic heterocycles. The predicted octanol–water partition coefficient (Wildman–Crippen LogP) is 4.80.